The van der Waals surface area contributed by atoms with Gasteiger partial charge in [-0.1, -0.05) is 0 Å². The monoisotopic (exact) mass is 339 g/mol. The van der Waals surface area contributed by atoms with Gasteiger partial charge in [0.15, 0.2) is 9.84 Å². The van der Waals surface area contributed by atoms with Crippen LogP contribution in [0.25, 0.3) is 0 Å². The van der Waals surface area contributed by atoms with Crippen molar-refractivity contribution in [3.05, 3.63) is 24.3 Å². The summed E-state index contributed by atoms with van der Waals surface area (Å²) in [5.41, 5.74) is 7.26. The standard InChI is InChI=1S/C15H21N3O4S/c16-10-14-11-18(15(19)22-14)13-4-2-12(3-5-13)17-6-1-8-23(20,21)9-7-17/h2-5,14H,1,6-11,16H2/t14-/m0/s1. The normalized spacial score (nSPS) is 24.4. The summed E-state index contributed by atoms with van der Waals surface area (Å²) in [6.45, 7) is 1.99. The number of carbonyl (C=O) groups excluding carboxylic acids is 1. The third-order valence-electron chi connectivity index (χ3n) is 4.22. The van der Waals surface area contributed by atoms with Crippen molar-refractivity contribution in [2.45, 2.75) is 12.5 Å². The average molecular weight is 339 g/mol. The molecule has 0 bridgehead atoms. The van der Waals surface area contributed by atoms with E-state index in [1.54, 1.807) is 4.90 Å². The van der Waals surface area contributed by atoms with Gasteiger partial charge < -0.3 is 15.4 Å². The van der Waals surface area contributed by atoms with Crippen LogP contribution in [0.2, 0.25) is 0 Å². The van der Waals surface area contributed by atoms with Gasteiger partial charge in [-0.3, -0.25) is 4.90 Å². The number of ether oxygens (including phenoxy) is 1. The van der Waals surface area contributed by atoms with Crippen LogP contribution in [0, 0.1) is 0 Å². The van der Waals surface area contributed by atoms with Crippen LogP contribution in [0.15, 0.2) is 24.3 Å². The highest BCUT2D eigenvalue weighted by Gasteiger charge is 2.31. The Balaban J connectivity index is 1.71. The van der Waals surface area contributed by atoms with Crippen molar-refractivity contribution >= 4 is 27.3 Å². The Kier molecular flexibility index (Phi) is 4.45. The van der Waals surface area contributed by atoms with Crippen LogP contribution in [0.4, 0.5) is 16.2 Å². The molecule has 0 radical (unpaired) electrons. The molecule has 1 atom stereocenters. The van der Waals surface area contributed by atoms with Gasteiger partial charge in [-0.15, -0.1) is 0 Å². The van der Waals surface area contributed by atoms with E-state index in [-0.39, 0.29) is 23.7 Å². The Morgan fingerprint density at radius 1 is 1.13 bits per heavy atom. The van der Waals surface area contributed by atoms with E-state index in [1.807, 2.05) is 24.3 Å². The maximum atomic E-state index is 11.8. The highest BCUT2D eigenvalue weighted by Crippen LogP contribution is 2.25. The number of carbonyl (C=O) groups is 1. The zero-order valence-corrected chi connectivity index (χ0v) is 13.7. The van der Waals surface area contributed by atoms with E-state index < -0.39 is 9.84 Å². The molecule has 0 unspecified atom stereocenters. The van der Waals surface area contributed by atoms with Crippen LogP contribution >= 0.6 is 0 Å². The fraction of sp³-hybridized carbons (Fsp3) is 0.533. The number of hydrogen-bond acceptors (Lipinski definition) is 6. The molecule has 1 aromatic rings. The molecule has 2 N–H and O–H groups in total. The summed E-state index contributed by atoms with van der Waals surface area (Å²) in [6.07, 6.45) is -0.00665. The summed E-state index contributed by atoms with van der Waals surface area (Å²) in [5.74, 6) is 0.438. The first kappa shape index (κ1) is 16.1. The van der Waals surface area contributed by atoms with E-state index in [1.165, 1.54) is 0 Å². The third-order valence-corrected chi connectivity index (χ3v) is 5.93. The van der Waals surface area contributed by atoms with Gasteiger partial charge in [-0.2, -0.15) is 0 Å². The molecule has 1 aromatic carbocycles. The second-order valence-electron chi connectivity index (χ2n) is 5.86. The van der Waals surface area contributed by atoms with Crippen LogP contribution in [0.3, 0.4) is 0 Å². The van der Waals surface area contributed by atoms with Crippen LogP contribution in [0.5, 0.6) is 0 Å². The van der Waals surface area contributed by atoms with Crippen molar-refractivity contribution in [2.75, 3.05) is 47.5 Å². The molecular weight excluding hydrogens is 318 g/mol. The minimum absolute atomic E-state index is 0.186. The van der Waals surface area contributed by atoms with E-state index >= 15 is 0 Å². The number of anilines is 2. The molecular formula is C15H21N3O4S. The van der Waals surface area contributed by atoms with Crippen molar-refractivity contribution < 1.29 is 17.9 Å². The largest absolute Gasteiger partial charge is 0.443 e. The lowest BCUT2D eigenvalue weighted by atomic mass is 10.2. The summed E-state index contributed by atoms with van der Waals surface area (Å²) in [7, 11) is -2.92. The Morgan fingerprint density at radius 3 is 2.48 bits per heavy atom. The minimum atomic E-state index is -2.92. The molecule has 23 heavy (non-hydrogen) atoms. The topological polar surface area (TPSA) is 92.9 Å². The number of rotatable bonds is 3. The van der Waals surface area contributed by atoms with Crippen LogP contribution in [-0.4, -0.2) is 58.3 Å². The van der Waals surface area contributed by atoms with Crippen molar-refractivity contribution in [3.63, 3.8) is 0 Å². The van der Waals surface area contributed by atoms with Gasteiger partial charge in [0.1, 0.15) is 6.10 Å². The van der Waals surface area contributed by atoms with Gasteiger partial charge in [-0.25, -0.2) is 13.2 Å². The minimum Gasteiger partial charge on any atom is -0.443 e. The molecule has 7 nitrogen and oxygen atoms in total. The van der Waals surface area contributed by atoms with Gasteiger partial charge in [-0.05, 0) is 30.7 Å². The molecule has 2 saturated heterocycles. The van der Waals surface area contributed by atoms with Crippen molar-refractivity contribution in [1.82, 2.24) is 0 Å². The number of sulfone groups is 1. The molecule has 0 spiro atoms. The number of amides is 1. The Morgan fingerprint density at radius 2 is 1.83 bits per heavy atom. The van der Waals surface area contributed by atoms with E-state index in [4.69, 9.17) is 10.5 Å². The summed E-state index contributed by atoms with van der Waals surface area (Å²) >= 11 is 0. The first-order chi connectivity index (χ1) is 11.0. The van der Waals surface area contributed by atoms with E-state index in [9.17, 15) is 13.2 Å². The Labute approximate surface area is 135 Å². The summed E-state index contributed by atoms with van der Waals surface area (Å²) in [5, 5.41) is 0. The molecule has 2 aliphatic rings. The number of cyclic esters (lactones) is 1. The second kappa shape index (κ2) is 6.37. The van der Waals surface area contributed by atoms with Gasteiger partial charge in [0.2, 0.25) is 0 Å². The van der Waals surface area contributed by atoms with Gasteiger partial charge in [0.25, 0.3) is 0 Å². The van der Waals surface area contributed by atoms with E-state index in [2.05, 4.69) is 4.90 Å². The Hall–Kier alpha value is -1.80. The Bertz CT molecular complexity index is 674. The lowest BCUT2D eigenvalue weighted by molar-refractivity contribution is 0.145. The molecule has 0 aromatic heterocycles. The van der Waals surface area contributed by atoms with Crippen molar-refractivity contribution in [2.24, 2.45) is 5.73 Å². The lowest BCUT2D eigenvalue weighted by Crippen LogP contribution is -2.28. The smallest absolute Gasteiger partial charge is 0.414 e. The van der Waals surface area contributed by atoms with Crippen LogP contribution < -0.4 is 15.5 Å². The second-order valence-corrected chi connectivity index (χ2v) is 8.16. The lowest BCUT2D eigenvalue weighted by Gasteiger charge is -2.23. The molecule has 2 heterocycles. The fourth-order valence-corrected chi connectivity index (χ4v) is 4.17. The molecule has 3 rings (SSSR count). The summed E-state index contributed by atoms with van der Waals surface area (Å²) in [6, 6.07) is 7.54. The van der Waals surface area contributed by atoms with Crippen LogP contribution in [-0.2, 0) is 14.6 Å². The number of benzene rings is 1. The zero-order valence-electron chi connectivity index (χ0n) is 12.8. The maximum absolute atomic E-state index is 11.8. The van der Waals surface area contributed by atoms with Gasteiger partial charge in [0, 0.05) is 31.0 Å². The zero-order chi connectivity index (χ0) is 16.4. The maximum Gasteiger partial charge on any atom is 0.414 e. The first-order valence-corrected chi connectivity index (χ1v) is 9.54. The first-order valence-electron chi connectivity index (χ1n) is 7.72. The van der Waals surface area contributed by atoms with Gasteiger partial charge in [0.05, 0.1) is 18.1 Å². The molecule has 2 aliphatic heterocycles. The predicted molar refractivity (Wildman–Crippen MR) is 88.6 cm³/mol. The number of hydrogen-bond donors (Lipinski definition) is 1. The molecule has 8 heteroatoms. The molecule has 0 saturated carbocycles. The number of nitrogens with two attached hydrogens (primary N) is 1. The van der Waals surface area contributed by atoms with Gasteiger partial charge >= 0.3 is 6.09 Å². The SMILES string of the molecule is NC[C@H]1CN(c2ccc(N3CCCS(=O)(=O)CC3)cc2)C(=O)O1. The molecule has 1 amide bonds. The highest BCUT2D eigenvalue weighted by molar-refractivity contribution is 7.91. The van der Waals surface area contributed by atoms with Crippen molar-refractivity contribution in [3.8, 4) is 0 Å². The molecule has 126 valence electrons. The molecule has 2 fully saturated rings. The van der Waals surface area contributed by atoms with E-state index in [0.717, 1.165) is 17.9 Å². The van der Waals surface area contributed by atoms with Crippen molar-refractivity contribution in [1.29, 1.82) is 0 Å². The summed E-state index contributed by atoms with van der Waals surface area (Å²) < 4.78 is 28.5. The third kappa shape index (κ3) is 3.59. The summed E-state index contributed by atoms with van der Waals surface area (Å²) in [4.78, 5) is 15.5. The quantitative estimate of drug-likeness (QED) is 0.867. The predicted octanol–water partition coefficient (Wildman–Crippen LogP) is 0.595. The fourth-order valence-electron chi connectivity index (χ4n) is 2.90. The van der Waals surface area contributed by atoms with E-state index in [0.29, 0.717) is 26.1 Å². The average Bonchev–Trinajstić information content (AvgIpc) is 2.81. The highest BCUT2D eigenvalue weighted by atomic mass is 32.2. The molecule has 0 aliphatic carbocycles. The number of nitrogens with zero attached hydrogens (tertiary/aromatic N) is 2. The van der Waals surface area contributed by atoms with Crippen LogP contribution in [0.1, 0.15) is 6.42 Å².